The van der Waals surface area contributed by atoms with E-state index in [0.29, 0.717) is 18.2 Å². The molecule has 1 atom stereocenters. The molecule has 1 N–H and O–H groups in total. The fourth-order valence-corrected chi connectivity index (χ4v) is 3.90. The lowest BCUT2D eigenvalue weighted by molar-refractivity contribution is -0.122. The van der Waals surface area contributed by atoms with Gasteiger partial charge in [-0.3, -0.25) is 4.79 Å². The normalized spacial score (nSPS) is 11.9. The zero-order valence-electron chi connectivity index (χ0n) is 17.8. The number of nitrogens with one attached hydrogen (secondary N) is 1. The van der Waals surface area contributed by atoms with Crippen molar-refractivity contribution in [2.24, 2.45) is 5.10 Å². The first-order valence-electron chi connectivity index (χ1n) is 10.6. The fraction of sp³-hybridized carbons (Fsp3) is 0.231. The van der Waals surface area contributed by atoms with Gasteiger partial charge in [0.15, 0.2) is 0 Å². The van der Waals surface area contributed by atoms with Crippen LogP contribution in [-0.2, 0) is 11.2 Å². The van der Waals surface area contributed by atoms with E-state index in [-0.39, 0.29) is 11.8 Å². The van der Waals surface area contributed by atoms with E-state index in [1.54, 1.807) is 6.21 Å². The molecule has 0 aliphatic rings. The summed E-state index contributed by atoms with van der Waals surface area (Å²) in [5.41, 5.74) is 6.73. The zero-order chi connectivity index (χ0) is 22.6. The molecular weight excluding hydrogens is 441 g/mol. The van der Waals surface area contributed by atoms with Gasteiger partial charge >= 0.3 is 0 Å². The molecule has 0 fully saturated rings. The molecular formula is C26H27Cl2N3O. The Labute approximate surface area is 199 Å². The molecule has 3 aromatic rings. The summed E-state index contributed by atoms with van der Waals surface area (Å²) in [7, 11) is 0. The summed E-state index contributed by atoms with van der Waals surface area (Å²) in [4.78, 5) is 15.1. The molecule has 0 bridgehead atoms. The van der Waals surface area contributed by atoms with Crippen molar-refractivity contribution in [3.8, 4) is 0 Å². The van der Waals surface area contributed by atoms with Crippen molar-refractivity contribution in [3.63, 3.8) is 0 Å². The van der Waals surface area contributed by atoms with Crippen LogP contribution in [0, 0.1) is 0 Å². The largest absolute Gasteiger partial charge is 0.369 e. The lowest BCUT2D eigenvalue weighted by Crippen LogP contribution is -2.27. The van der Waals surface area contributed by atoms with Gasteiger partial charge in [0.25, 0.3) is 0 Å². The molecule has 32 heavy (non-hydrogen) atoms. The molecule has 3 rings (SSSR count). The minimum absolute atomic E-state index is 0.136. The first-order chi connectivity index (χ1) is 15.7. The number of carbonyl (C=O) groups excluding carboxylic acids is 1. The average Bonchev–Trinajstić information content (AvgIpc) is 2.84. The van der Waals surface area contributed by atoms with Crippen LogP contribution in [-0.4, -0.2) is 37.0 Å². The number of hydrazone groups is 1. The quantitative estimate of drug-likeness (QED) is 0.231. The van der Waals surface area contributed by atoms with Crippen LogP contribution in [0.4, 0.5) is 5.69 Å². The second kappa shape index (κ2) is 12.9. The van der Waals surface area contributed by atoms with Crippen LogP contribution in [0.15, 0.2) is 90.0 Å². The third-order valence-corrected chi connectivity index (χ3v) is 5.49. The maximum absolute atomic E-state index is 13.0. The maximum atomic E-state index is 13.0. The highest BCUT2D eigenvalue weighted by Gasteiger charge is 2.20. The van der Waals surface area contributed by atoms with E-state index in [4.69, 9.17) is 23.2 Å². The van der Waals surface area contributed by atoms with E-state index < -0.39 is 0 Å². The smallest absolute Gasteiger partial charge is 0.247 e. The Morgan fingerprint density at radius 3 is 2.06 bits per heavy atom. The van der Waals surface area contributed by atoms with Crippen molar-refractivity contribution in [1.29, 1.82) is 0 Å². The van der Waals surface area contributed by atoms with E-state index in [1.165, 1.54) is 0 Å². The molecule has 0 saturated heterocycles. The topological polar surface area (TPSA) is 44.7 Å². The highest BCUT2D eigenvalue weighted by atomic mass is 35.5. The Balaban J connectivity index is 1.66. The Morgan fingerprint density at radius 1 is 0.875 bits per heavy atom. The van der Waals surface area contributed by atoms with Crippen molar-refractivity contribution in [2.75, 3.05) is 29.7 Å². The van der Waals surface area contributed by atoms with Crippen LogP contribution in [0.5, 0.6) is 0 Å². The van der Waals surface area contributed by atoms with Crippen molar-refractivity contribution < 1.29 is 4.79 Å². The number of rotatable bonds is 11. The molecule has 0 aliphatic carbocycles. The van der Waals surface area contributed by atoms with Crippen molar-refractivity contribution >= 4 is 41.0 Å². The molecule has 3 aromatic carbocycles. The molecule has 0 aliphatic heterocycles. The number of nitrogens with zero attached hydrogens (tertiary/aromatic N) is 2. The van der Waals surface area contributed by atoms with Gasteiger partial charge in [0.2, 0.25) is 5.91 Å². The molecule has 4 nitrogen and oxygen atoms in total. The molecule has 0 heterocycles. The van der Waals surface area contributed by atoms with Crippen molar-refractivity contribution in [2.45, 2.75) is 12.3 Å². The molecule has 166 valence electrons. The number of amides is 1. The maximum Gasteiger partial charge on any atom is 0.247 e. The number of hydrogen-bond acceptors (Lipinski definition) is 3. The van der Waals surface area contributed by atoms with Gasteiger partial charge in [0, 0.05) is 30.5 Å². The Bertz CT molecular complexity index is 973. The monoisotopic (exact) mass is 467 g/mol. The zero-order valence-corrected chi connectivity index (χ0v) is 19.3. The number of anilines is 1. The highest BCUT2D eigenvalue weighted by molar-refractivity contribution is 6.18. The predicted octanol–water partition coefficient (Wildman–Crippen LogP) is 5.45. The minimum Gasteiger partial charge on any atom is -0.369 e. The molecule has 1 amide bonds. The number of hydrogen-bond donors (Lipinski definition) is 1. The summed E-state index contributed by atoms with van der Waals surface area (Å²) in [6, 6.07) is 27.7. The van der Waals surface area contributed by atoms with Crippen molar-refractivity contribution in [3.05, 3.63) is 102 Å². The van der Waals surface area contributed by atoms with Gasteiger partial charge in [-0.1, -0.05) is 72.8 Å². The minimum atomic E-state index is -0.321. The van der Waals surface area contributed by atoms with Gasteiger partial charge in [-0.25, -0.2) is 5.43 Å². The van der Waals surface area contributed by atoms with Gasteiger partial charge in [-0.15, -0.1) is 23.2 Å². The number of halogens is 2. The summed E-state index contributed by atoms with van der Waals surface area (Å²) in [6.07, 6.45) is 2.26. The Hall–Kier alpha value is -2.82. The van der Waals surface area contributed by atoms with Crippen LogP contribution < -0.4 is 10.3 Å². The summed E-state index contributed by atoms with van der Waals surface area (Å²) in [6.45, 7) is 1.47. The van der Waals surface area contributed by atoms with Crippen molar-refractivity contribution in [1.82, 2.24) is 5.43 Å². The van der Waals surface area contributed by atoms with Gasteiger partial charge in [0.05, 0.1) is 12.1 Å². The molecule has 0 radical (unpaired) electrons. The molecule has 6 heteroatoms. The second-order valence-electron chi connectivity index (χ2n) is 7.34. The van der Waals surface area contributed by atoms with Crippen LogP contribution in [0.3, 0.4) is 0 Å². The summed E-state index contributed by atoms with van der Waals surface area (Å²) in [5.74, 6) is 0.621. The Kier molecular flexibility index (Phi) is 9.60. The molecule has 1 unspecified atom stereocenters. The van der Waals surface area contributed by atoms with E-state index in [1.807, 2.05) is 84.9 Å². The summed E-state index contributed by atoms with van der Waals surface area (Å²) < 4.78 is 0. The fourth-order valence-electron chi connectivity index (χ4n) is 3.49. The summed E-state index contributed by atoms with van der Waals surface area (Å²) in [5, 5.41) is 4.20. The Morgan fingerprint density at radius 2 is 1.47 bits per heavy atom. The SMILES string of the molecule is O=C(N/N=C/c1ccc(N(CCCl)CCCl)cc1)C(Cc1ccccc1)c1ccccc1. The van der Waals surface area contributed by atoms with Gasteiger partial charge in [-0.2, -0.15) is 5.10 Å². The number of carbonyl (C=O) groups is 1. The molecule has 0 saturated carbocycles. The van der Waals surface area contributed by atoms with Gasteiger partial charge < -0.3 is 4.90 Å². The van der Waals surface area contributed by atoms with Gasteiger partial charge in [-0.05, 0) is 35.2 Å². The third-order valence-electron chi connectivity index (χ3n) is 5.16. The highest BCUT2D eigenvalue weighted by Crippen LogP contribution is 2.21. The number of alkyl halides is 2. The van der Waals surface area contributed by atoms with Gasteiger partial charge in [0.1, 0.15) is 0 Å². The van der Waals surface area contributed by atoms with E-state index in [9.17, 15) is 4.79 Å². The lowest BCUT2D eigenvalue weighted by atomic mass is 9.91. The van der Waals surface area contributed by atoms with Crippen LogP contribution in [0.2, 0.25) is 0 Å². The molecule has 0 aromatic heterocycles. The lowest BCUT2D eigenvalue weighted by Gasteiger charge is -2.22. The first kappa shape index (κ1) is 23.8. The summed E-state index contributed by atoms with van der Waals surface area (Å²) >= 11 is 11.8. The number of benzene rings is 3. The van der Waals surface area contributed by atoms with Crippen LogP contribution in [0.25, 0.3) is 0 Å². The van der Waals surface area contributed by atoms with E-state index >= 15 is 0 Å². The standard InChI is InChI=1S/C26H27Cl2N3O/c27-15-17-31(18-16-28)24-13-11-22(12-14-24)20-29-30-26(32)25(23-9-5-2-6-10-23)19-21-7-3-1-4-8-21/h1-14,20,25H,15-19H2,(H,30,32)/b29-20+. The van der Waals surface area contributed by atoms with Crippen LogP contribution in [0.1, 0.15) is 22.6 Å². The predicted molar refractivity (Wildman–Crippen MR) is 135 cm³/mol. The first-order valence-corrected chi connectivity index (χ1v) is 11.7. The van der Waals surface area contributed by atoms with E-state index in [2.05, 4.69) is 15.4 Å². The molecule has 0 spiro atoms. The van der Waals surface area contributed by atoms with Crippen LogP contribution >= 0.6 is 23.2 Å². The average molecular weight is 468 g/mol. The van der Waals surface area contributed by atoms with E-state index in [0.717, 1.165) is 35.5 Å². The third kappa shape index (κ3) is 7.11. The second-order valence-corrected chi connectivity index (χ2v) is 8.10.